The molecule has 9 heteroatoms. The van der Waals surface area contributed by atoms with Crippen LogP contribution in [0.15, 0.2) is 97.2 Å². The van der Waals surface area contributed by atoms with E-state index in [1.807, 2.05) is 0 Å². The highest BCUT2D eigenvalue weighted by Gasteiger charge is 2.19. The minimum absolute atomic E-state index is 0.118. The summed E-state index contributed by atoms with van der Waals surface area (Å²) in [6.45, 7) is 3.21. The van der Waals surface area contributed by atoms with Gasteiger partial charge in [-0.3, -0.25) is 14.4 Å². The van der Waals surface area contributed by atoms with Crippen LogP contribution in [-0.4, -0.2) is 59.3 Å². The maximum absolute atomic E-state index is 12.8. The summed E-state index contributed by atoms with van der Waals surface area (Å²) < 4.78 is 5.96. The summed E-state index contributed by atoms with van der Waals surface area (Å²) in [5.41, 5.74) is 0. The van der Waals surface area contributed by atoms with Crippen molar-refractivity contribution in [1.82, 2.24) is 10.6 Å². The van der Waals surface area contributed by atoms with E-state index >= 15 is 0 Å². The van der Waals surface area contributed by atoms with Crippen LogP contribution < -0.4 is 10.6 Å². The molecule has 0 aromatic heterocycles. The number of carbonyl (C=O) groups is 4. The zero-order valence-electron chi connectivity index (χ0n) is 34.6. The predicted molar refractivity (Wildman–Crippen MR) is 231 cm³/mol. The van der Waals surface area contributed by atoms with Gasteiger partial charge in [-0.1, -0.05) is 130 Å². The zero-order chi connectivity index (χ0) is 41.2. The molecule has 0 aromatic carbocycles. The largest absolute Gasteiger partial charge is 0.480 e. The van der Waals surface area contributed by atoms with Gasteiger partial charge in [-0.05, 0) is 103 Å². The lowest BCUT2D eigenvalue weighted by atomic mass is 10.0. The Morgan fingerprint density at radius 3 is 1.52 bits per heavy atom. The summed E-state index contributed by atoms with van der Waals surface area (Å²) in [5, 5.41) is 22.5. The molecule has 0 fully saturated rings. The lowest BCUT2D eigenvalue weighted by molar-refractivity contribution is -0.150. The first-order valence-electron chi connectivity index (χ1n) is 21.1. The van der Waals surface area contributed by atoms with E-state index in [4.69, 9.17) is 14.9 Å². The molecule has 0 spiro atoms. The predicted octanol–water partition coefficient (Wildman–Crippen LogP) is 10.3. The average molecular weight is 779 g/mol. The van der Waals surface area contributed by atoms with E-state index in [-0.39, 0.29) is 30.9 Å². The van der Waals surface area contributed by atoms with Crippen LogP contribution in [0.25, 0.3) is 0 Å². The van der Waals surface area contributed by atoms with Gasteiger partial charge in [0.05, 0.1) is 13.2 Å². The summed E-state index contributed by atoms with van der Waals surface area (Å²) in [6.07, 6.45) is 52.9. The number of rotatable bonds is 36. The zero-order valence-corrected chi connectivity index (χ0v) is 34.6. The Labute approximate surface area is 338 Å². The number of unbranched alkanes of at least 4 members (excludes halogenated alkanes) is 6. The van der Waals surface area contributed by atoms with Crippen molar-refractivity contribution in [1.29, 1.82) is 0 Å². The molecular formula is C47H74N2O7. The van der Waals surface area contributed by atoms with Gasteiger partial charge in [0.15, 0.2) is 0 Å². The third-order valence-electron chi connectivity index (χ3n) is 8.58. The molecule has 2 unspecified atom stereocenters. The first kappa shape index (κ1) is 51.8. The fourth-order valence-electron chi connectivity index (χ4n) is 5.40. The number of amides is 2. The molecule has 4 N–H and O–H groups in total. The van der Waals surface area contributed by atoms with Gasteiger partial charge in [0.25, 0.3) is 0 Å². The van der Waals surface area contributed by atoms with Crippen LogP contribution in [0.4, 0.5) is 0 Å². The first-order valence-corrected chi connectivity index (χ1v) is 21.1. The smallest absolute Gasteiger partial charge is 0.328 e. The second kappa shape index (κ2) is 40.4. The van der Waals surface area contributed by atoms with Gasteiger partial charge in [0.2, 0.25) is 11.8 Å². The summed E-state index contributed by atoms with van der Waals surface area (Å²) in [7, 11) is 0. The third-order valence-corrected chi connectivity index (χ3v) is 8.58. The van der Waals surface area contributed by atoms with Crippen molar-refractivity contribution in [2.45, 2.75) is 161 Å². The molecule has 0 rings (SSSR count). The highest BCUT2D eigenvalue weighted by Crippen LogP contribution is 2.16. The first-order chi connectivity index (χ1) is 27.3. The highest BCUT2D eigenvalue weighted by atomic mass is 16.5. The van der Waals surface area contributed by atoms with E-state index < -0.39 is 24.5 Å². The Bertz CT molecular complexity index is 1260. The number of nitrogens with one attached hydrogen (secondary N) is 2. The normalized spacial score (nSPS) is 13.5. The summed E-state index contributed by atoms with van der Waals surface area (Å²) >= 11 is 0. The number of hydrogen-bond donors (Lipinski definition) is 4. The van der Waals surface area contributed by atoms with Crippen molar-refractivity contribution < 1.29 is 34.1 Å². The standard InChI is InChI=1S/C47H74N2O7/c1-3-5-7-9-11-13-15-17-18-20-22-24-26-31-35-39-46(53)56-42(36-32-28-25-23-21-19-16-14-12-10-8-6-4-2)37-33-29-27-30-34-38-44(51)48-40-45(52)49-43(41-50)47(54)55/h5-8,11-14,17-19,21-22,24-25,28,42-43,50H,3-4,9-10,15-16,20,23,26-27,29-41H2,1-2H3,(H,48,51)(H,49,52)(H,54,55)/b7-5-,8-6-,13-11-,14-12-,18-17-,21-19-,24-22-,28-25-. The maximum atomic E-state index is 12.8. The molecule has 0 aliphatic carbocycles. The van der Waals surface area contributed by atoms with Crippen LogP contribution >= 0.6 is 0 Å². The molecule has 314 valence electrons. The maximum Gasteiger partial charge on any atom is 0.328 e. The number of aliphatic carboxylic acids is 1. The topological polar surface area (TPSA) is 142 Å². The minimum atomic E-state index is -1.39. The molecule has 0 aliphatic rings. The summed E-state index contributed by atoms with van der Waals surface area (Å²) in [4.78, 5) is 47.5. The summed E-state index contributed by atoms with van der Waals surface area (Å²) in [5.74, 6) is -2.41. The van der Waals surface area contributed by atoms with E-state index in [0.29, 0.717) is 12.8 Å². The number of allylic oxidation sites excluding steroid dienone is 16. The van der Waals surface area contributed by atoms with Gasteiger partial charge in [0, 0.05) is 12.8 Å². The van der Waals surface area contributed by atoms with E-state index in [1.54, 1.807) is 0 Å². The molecule has 56 heavy (non-hydrogen) atoms. The Hall–Kier alpha value is -4.24. The molecule has 2 atom stereocenters. The lowest BCUT2D eigenvalue weighted by Gasteiger charge is -2.17. The number of carboxylic acid groups (broad SMARTS) is 1. The number of carboxylic acids is 1. The number of hydrogen-bond acceptors (Lipinski definition) is 6. The molecule has 0 aromatic rings. The van der Waals surface area contributed by atoms with E-state index in [2.05, 4.69) is 122 Å². The molecule has 0 saturated carbocycles. The minimum Gasteiger partial charge on any atom is -0.480 e. The number of carbonyl (C=O) groups excluding carboxylic acids is 3. The van der Waals surface area contributed by atoms with Gasteiger partial charge in [0.1, 0.15) is 12.1 Å². The van der Waals surface area contributed by atoms with Gasteiger partial charge < -0.3 is 25.6 Å². The number of esters is 1. The molecule has 0 radical (unpaired) electrons. The fourth-order valence-corrected chi connectivity index (χ4v) is 5.40. The van der Waals surface area contributed by atoms with E-state index in [1.165, 1.54) is 0 Å². The number of aliphatic hydroxyl groups is 1. The molecule has 0 aliphatic heterocycles. The number of aliphatic hydroxyl groups excluding tert-OH is 1. The van der Waals surface area contributed by atoms with Crippen LogP contribution in [0.2, 0.25) is 0 Å². The van der Waals surface area contributed by atoms with Crippen LogP contribution in [-0.2, 0) is 23.9 Å². The Kier molecular flexibility index (Phi) is 37.4. The van der Waals surface area contributed by atoms with Crippen LogP contribution in [0.5, 0.6) is 0 Å². The Morgan fingerprint density at radius 1 is 0.536 bits per heavy atom. The second-order valence-corrected chi connectivity index (χ2v) is 13.7. The van der Waals surface area contributed by atoms with Crippen molar-refractivity contribution in [2.75, 3.05) is 13.2 Å². The van der Waals surface area contributed by atoms with Crippen LogP contribution in [0.3, 0.4) is 0 Å². The lowest BCUT2D eigenvalue weighted by Crippen LogP contribution is -2.47. The van der Waals surface area contributed by atoms with Crippen LogP contribution in [0, 0.1) is 0 Å². The SMILES string of the molecule is CC/C=C\C/C=C\C/C=C\C/C=C\CCCCC(=O)OC(CC/C=C\C/C=C\C/C=C\C/C=C\CC)CCCCCCCC(=O)NCC(=O)NC(CO)C(=O)O. The second-order valence-electron chi connectivity index (χ2n) is 13.7. The number of ether oxygens (including phenoxy) is 1. The van der Waals surface area contributed by atoms with Crippen molar-refractivity contribution >= 4 is 23.8 Å². The Balaban J connectivity index is 4.54. The van der Waals surface area contributed by atoms with Gasteiger partial charge in [-0.25, -0.2) is 4.79 Å². The fraction of sp³-hybridized carbons (Fsp3) is 0.574. The molecule has 2 amide bonds. The monoisotopic (exact) mass is 779 g/mol. The molecule has 0 saturated heterocycles. The third kappa shape index (κ3) is 36.7. The molecule has 0 heterocycles. The van der Waals surface area contributed by atoms with Gasteiger partial charge in [-0.15, -0.1) is 0 Å². The Morgan fingerprint density at radius 2 is 1.00 bits per heavy atom. The van der Waals surface area contributed by atoms with Crippen molar-refractivity contribution in [3.05, 3.63) is 97.2 Å². The van der Waals surface area contributed by atoms with E-state index in [9.17, 15) is 19.2 Å². The molecular weight excluding hydrogens is 705 g/mol. The quantitative estimate of drug-likeness (QED) is 0.0282. The average Bonchev–Trinajstić information content (AvgIpc) is 3.18. The van der Waals surface area contributed by atoms with Gasteiger partial charge >= 0.3 is 11.9 Å². The van der Waals surface area contributed by atoms with Crippen molar-refractivity contribution in [2.24, 2.45) is 0 Å². The molecule has 9 nitrogen and oxygen atoms in total. The molecule has 0 bridgehead atoms. The van der Waals surface area contributed by atoms with Gasteiger partial charge in [-0.2, -0.15) is 0 Å². The van der Waals surface area contributed by atoms with Crippen LogP contribution in [0.1, 0.15) is 149 Å². The highest BCUT2D eigenvalue weighted by molar-refractivity contribution is 5.87. The van der Waals surface area contributed by atoms with Crippen molar-refractivity contribution in [3.63, 3.8) is 0 Å². The van der Waals surface area contributed by atoms with E-state index in [0.717, 1.165) is 116 Å². The summed E-state index contributed by atoms with van der Waals surface area (Å²) in [6, 6.07) is -1.39. The van der Waals surface area contributed by atoms with Crippen molar-refractivity contribution in [3.8, 4) is 0 Å².